The topological polar surface area (TPSA) is 218 Å². The highest BCUT2D eigenvalue weighted by Crippen LogP contribution is 2.31. The molecule has 2 aromatic carbocycles. The monoisotopic (exact) mass is 658 g/mol. The van der Waals surface area contributed by atoms with Crippen LogP contribution in [0.1, 0.15) is 87.4 Å². The number of aryl methyl sites for hydroxylation is 1. The summed E-state index contributed by atoms with van der Waals surface area (Å²) >= 11 is 0. The molecule has 6 N–H and O–H groups in total. The largest absolute Gasteiger partial charge is 0.494 e. The van der Waals surface area contributed by atoms with Crippen LogP contribution in [0.4, 0.5) is 5.69 Å². The van der Waals surface area contributed by atoms with Crippen LogP contribution in [0.2, 0.25) is 0 Å². The Morgan fingerprint density at radius 3 is 1.72 bits per heavy atom. The number of hydrogen-bond donors (Lipinski definition) is 5. The Kier molecular flexibility index (Phi) is 18.6. The highest BCUT2D eigenvalue weighted by molar-refractivity contribution is 6.27. The van der Waals surface area contributed by atoms with Gasteiger partial charge < -0.3 is 40.2 Å². The smallest absolute Gasteiger partial charge is 0.414 e. The maximum absolute atomic E-state index is 13.5. The SMILES string of the molecule is CCCCc1oc2ccc(N)cc2c1C(=O)c1ccc(OCCCN(CCCC)CCCC)cc1.O=C(O)C(=O)O.O=C(O)C(=O)O. The molecule has 13 heteroatoms. The van der Waals surface area contributed by atoms with Gasteiger partial charge in [-0.05, 0) is 81.2 Å². The first-order valence-electron chi connectivity index (χ1n) is 15.6. The summed E-state index contributed by atoms with van der Waals surface area (Å²) in [5.74, 6) is -5.79. The van der Waals surface area contributed by atoms with Crippen molar-refractivity contribution in [2.45, 2.75) is 72.1 Å². The number of carbonyl (C=O) groups is 5. The lowest BCUT2D eigenvalue weighted by Gasteiger charge is -2.21. The van der Waals surface area contributed by atoms with E-state index < -0.39 is 23.9 Å². The second kappa shape index (κ2) is 21.8. The molecule has 0 fully saturated rings. The molecule has 3 aromatic rings. The highest BCUT2D eigenvalue weighted by Gasteiger charge is 2.22. The molecule has 0 spiro atoms. The fraction of sp³-hybridized carbons (Fsp3) is 0.441. The zero-order valence-electron chi connectivity index (χ0n) is 27.2. The molecule has 0 bridgehead atoms. The number of aliphatic carboxylic acids is 4. The molecule has 3 rings (SSSR count). The predicted molar refractivity (Wildman–Crippen MR) is 176 cm³/mol. The number of anilines is 1. The second-order valence-corrected chi connectivity index (χ2v) is 10.6. The maximum Gasteiger partial charge on any atom is 0.414 e. The average Bonchev–Trinajstić information content (AvgIpc) is 3.40. The molecule has 0 unspecified atom stereocenters. The lowest BCUT2D eigenvalue weighted by molar-refractivity contribution is -0.159. The Labute approximate surface area is 273 Å². The third-order valence-electron chi connectivity index (χ3n) is 6.80. The van der Waals surface area contributed by atoms with Crippen LogP contribution in [0, 0.1) is 0 Å². The number of nitrogens with two attached hydrogens (primary N) is 1. The number of ether oxygens (including phenoxy) is 1. The van der Waals surface area contributed by atoms with E-state index in [-0.39, 0.29) is 5.78 Å². The molecule has 1 heterocycles. The first-order valence-corrected chi connectivity index (χ1v) is 15.6. The van der Waals surface area contributed by atoms with Crippen molar-refractivity contribution >= 4 is 46.3 Å². The third-order valence-corrected chi connectivity index (χ3v) is 6.80. The van der Waals surface area contributed by atoms with Crippen molar-refractivity contribution in [3.63, 3.8) is 0 Å². The molecule has 0 radical (unpaired) electrons. The summed E-state index contributed by atoms with van der Waals surface area (Å²) in [6.45, 7) is 10.7. The van der Waals surface area contributed by atoms with E-state index >= 15 is 0 Å². The van der Waals surface area contributed by atoms with Crippen molar-refractivity contribution in [2.75, 3.05) is 32.0 Å². The number of carboxylic acids is 4. The van der Waals surface area contributed by atoms with E-state index in [4.69, 9.17) is 54.5 Å². The third kappa shape index (κ3) is 14.8. The Bertz CT molecular complexity index is 1390. The van der Waals surface area contributed by atoms with Crippen molar-refractivity contribution < 1.29 is 53.6 Å². The fourth-order valence-electron chi connectivity index (χ4n) is 4.35. The summed E-state index contributed by atoms with van der Waals surface area (Å²) in [4.78, 5) is 52.4. The number of furan rings is 1. The van der Waals surface area contributed by atoms with Gasteiger partial charge >= 0.3 is 23.9 Å². The highest BCUT2D eigenvalue weighted by atomic mass is 16.5. The van der Waals surface area contributed by atoms with Gasteiger partial charge in [-0.1, -0.05) is 40.0 Å². The summed E-state index contributed by atoms with van der Waals surface area (Å²) < 4.78 is 12.0. The van der Waals surface area contributed by atoms with Gasteiger partial charge in [0.25, 0.3) is 0 Å². The number of carbonyl (C=O) groups excluding carboxylic acids is 1. The van der Waals surface area contributed by atoms with Gasteiger partial charge in [-0.25, -0.2) is 19.2 Å². The van der Waals surface area contributed by atoms with E-state index in [0.29, 0.717) is 29.0 Å². The van der Waals surface area contributed by atoms with E-state index in [1.165, 1.54) is 38.8 Å². The number of carboxylic acid groups (broad SMARTS) is 4. The quantitative estimate of drug-likeness (QED) is 0.0551. The Hall–Kier alpha value is -4.91. The van der Waals surface area contributed by atoms with Gasteiger partial charge in [0.1, 0.15) is 17.1 Å². The van der Waals surface area contributed by atoms with Crippen molar-refractivity contribution in [3.05, 3.63) is 59.4 Å². The summed E-state index contributed by atoms with van der Waals surface area (Å²) in [5.41, 5.74) is 8.61. The molecule has 258 valence electrons. The van der Waals surface area contributed by atoms with Crippen molar-refractivity contribution in [1.82, 2.24) is 4.90 Å². The van der Waals surface area contributed by atoms with E-state index in [9.17, 15) is 4.79 Å². The van der Waals surface area contributed by atoms with Gasteiger partial charge in [-0.2, -0.15) is 0 Å². The molecule has 0 atom stereocenters. The summed E-state index contributed by atoms with van der Waals surface area (Å²) in [6.07, 6.45) is 8.69. The Balaban J connectivity index is 0.000000782. The van der Waals surface area contributed by atoms with Gasteiger partial charge in [0.05, 0.1) is 12.2 Å². The molecule has 0 aliphatic heterocycles. The predicted octanol–water partition coefficient (Wildman–Crippen LogP) is 5.57. The van der Waals surface area contributed by atoms with Crippen LogP contribution in [0.5, 0.6) is 5.75 Å². The first-order chi connectivity index (χ1) is 22.4. The molecule has 1 aromatic heterocycles. The summed E-state index contributed by atoms with van der Waals surface area (Å²) in [6, 6.07) is 13.0. The van der Waals surface area contributed by atoms with Gasteiger partial charge in [-0.3, -0.25) is 4.79 Å². The van der Waals surface area contributed by atoms with Gasteiger partial charge in [0.2, 0.25) is 0 Å². The molecule has 0 aliphatic carbocycles. The minimum absolute atomic E-state index is 0.0329. The minimum atomic E-state index is -1.82. The fourth-order valence-corrected chi connectivity index (χ4v) is 4.35. The summed E-state index contributed by atoms with van der Waals surface area (Å²) in [5, 5.41) is 30.4. The maximum atomic E-state index is 13.5. The molecular weight excluding hydrogens is 612 g/mol. The Morgan fingerprint density at radius 1 is 0.723 bits per heavy atom. The zero-order chi connectivity index (χ0) is 35.4. The number of benzene rings is 2. The van der Waals surface area contributed by atoms with E-state index in [1.807, 2.05) is 42.5 Å². The lowest BCUT2D eigenvalue weighted by atomic mass is 9.98. The molecule has 13 nitrogen and oxygen atoms in total. The molecule has 0 aliphatic rings. The lowest BCUT2D eigenvalue weighted by Crippen LogP contribution is -2.28. The van der Waals surface area contributed by atoms with Crippen LogP contribution in [-0.4, -0.2) is 81.2 Å². The van der Waals surface area contributed by atoms with Crippen LogP contribution in [-0.2, 0) is 25.6 Å². The Morgan fingerprint density at radius 2 is 1.23 bits per heavy atom. The number of ketones is 1. The van der Waals surface area contributed by atoms with Crippen LogP contribution >= 0.6 is 0 Å². The zero-order valence-corrected chi connectivity index (χ0v) is 27.2. The average molecular weight is 659 g/mol. The van der Waals surface area contributed by atoms with E-state index in [0.717, 1.165) is 49.1 Å². The van der Waals surface area contributed by atoms with Crippen molar-refractivity contribution in [3.8, 4) is 5.75 Å². The standard InChI is InChI=1S/C30H42N2O3.2C2H2O4/c1-4-7-11-28-29(26-22-24(31)14-17-27(26)35-28)30(33)23-12-15-25(16-13-23)34-21-10-20-32(18-8-5-2)19-9-6-3;2*3-1(4)2(5)6/h12-17,22H,4-11,18-21,31H2,1-3H3;2*(H,3,4)(H,5,6). The molecular formula is C34H46N2O11. The molecule has 47 heavy (non-hydrogen) atoms. The number of unbranched alkanes of at least 4 members (excludes halogenated alkanes) is 3. The normalized spacial score (nSPS) is 10.4. The van der Waals surface area contributed by atoms with Gasteiger partial charge in [0.15, 0.2) is 5.78 Å². The number of nitrogen functional groups attached to an aromatic ring is 1. The number of nitrogens with zero attached hydrogens (tertiary/aromatic N) is 1. The van der Waals surface area contributed by atoms with Crippen molar-refractivity contribution in [1.29, 1.82) is 0 Å². The number of fused-ring (bicyclic) bond motifs is 1. The first kappa shape index (κ1) is 40.1. The number of hydrogen-bond acceptors (Lipinski definition) is 9. The van der Waals surface area contributed by atoms with Crippen LogP contribution in [0.15, 0.2) is 46.9 Å². The van der Waals surface area contributed by atoms with Gasteiger partial charge in [-0.15, -0.1) is 0 Å². The minimum Gasteiger partial charge on any atom is -0.494 e. The molecule has 0 amide bonds. The van der Waals surface area contributed by atoms with Crippen LogP contribution in [0.25, 0.3) is 11.0 Å². The number of rotatable bonds is 16. The molecule has 0 saturated carbocycles. The van der Waals surface area contributed by atoms with E-state index in [2.05, 4.69) is 25.7 Å². The second-order valence-electron chi connectivity index (χ2n) is 10.6. The van der Waals surface area contributed by atoms with Crippen LogP contribution in [0.3, 0.4) is 0 Å². The van der Waals surface area contributed by atoms with Crippen LogP contribution < -0.4 is 10.5 Å². The summed E-state index contributed by atoms with van der Waals surface area (Å²) in [7, 11) is 0. The van der Waals surface area contributed by atoms with E-state index in [1.54, 1.807) is 0 Å². The molecule has 0 saturated heterocycles. The van der Waals surface area contributed by atoms with Crippen molar-refractivity contribution in [2.24, 2.45) is 0 Å². The van der Waals surface area contributed by atoms with Gasteiger partial charge in [0, 0.05) is 29.6 Å².